The van der Waals surface area contributed by atoms with E-state index in [1.54, 1.807) is 7.11 Å². The second-order valence-electron chi connectivity index (χ2n) is 4.42. The minimum atomic E-state index is 0.0149. The molecular weight excluding hydrogens is 379 g/mol. The Kier molecular flexibility index (Phi) is 6.82. The highest BCUT2D eigenvalue weighted by molar-refractivity contribution is 14.1. The van der Waals surface area contributed by atoms with Gasteiger partial charge in [0, 0.05) is 9.99 Å². The maximum atomic E-state index is 5.93. The van der Waals surface area contributed by atoms with Crippen LogP contribution < -0.4 is 9.47 Å². The standard InChI is InChI=1S/C17H19IO3/c1-19-16-10-6-5-9-15(16)17(13-18)21-12-11-20-14-7-3-2-4-8-14/h2-10,17H,11-13H2,1H3. The van der Waals surface area contributed by atoms with Crippen molar-refractivity contribution in [2.45, 2.75) is 6.10 Å². The lowest BCUT2D eigenvalue weighted by Crippen LogP contribution is -2.13. The van der Waals surface area contributed by atoms with Crippen molar-refractivity contribution in [2.75, 3.05) is 24.8 Å². The average Bonchev–Trinajstić information content (AvgIpc) is 2.56. The van der Waals surface area contributed by atoms with E-state index >= 15 is 0 Å². The molecule has 0 aliphatic rings. The first-order valence-electron chi connectivity index (χ1n) is 6.83. The Hall–Kier alpha value is -1.27. The van der Waals surface area contributed by atoms with E-state index in [1.165, 1.54) is 0 Å². The zero-order chi connectivity index (χ0) is 14.9. The maximum Gasteiger partial charge on any atom is 0.124 e. The first-order chi connectivity index (χ1) is 10.3. The molecule has 0 bridgehead atoms. The third-order valence-corrected chi connectivity index (χ3v) is 3.84. The SMILES string of the molecule is COc1ccccc1C(CI)OCCOc1ccccc1. The van der Waals surface area contributed by atoms with Crippen LogP contribution in [0, 0.1) is 0 Å². The number of ether oxygens (including phenoxy) is 3. The van der Waals surface area contributed by atoms with E-state index in [0.717, 1.165) is 21.5 Å². The van der Waals surface area contributed by atoms with E-state index in [9.17, 15) is 0 Å². The van der Waals surface area contributed by atoms with Gasteiger partial charge in [0.15, 0.2) is 0 Å². The molecule has 4 heteroatoms. The molecule has 0 heterocycles. The highest BCUT2D eigenvalue weighted by atomic mass is 127. The molecule has 0 saturated heterocycles. The molecule has 0 radical (unpaired) electrons. The van der Waals surface area contributed by atoms with Crippen LogP contribution in [0.2, 0.25) is 0 Å². The molecular formula is C17H19IO3. The second-order valence-corrected chi connectivity index (χ2v) is 5.30. The van der Waals surface area contributed by atoms with Gasteiger partial charge in [-0.2, -0.15) is 0 Å². The minimum absolute atomic E-state index is 0.0149. The zero-order valence-electron chi connectivity index (χ0n) is 12.0. The van der Waals surface area contributed by atoms with Crippen molar-refractivity contribution in [1.29, 1.82) is 0 Å². The molecule has 1 atom stereocenters. The molecule has 0 N–H and O–H groups in total. The second kappa shape index (κ2) is 8.89. The van der Waals surface area contributed by atoms with Gasteiger partial charge >= 0.3 is 0 Å². The molecule has 0 fully saturated rings. The summed E-state index contributed by atoms with van der Waals surface area (Å²) in [5, 5.41) is 0. The Morgan fingerprint density at radius 1 is 0.952 bits per heavy atom. The lowest BCUT2D eigenvalue weighted by Gasteiger charge is -2.18. The fraction of sp³-hybridized carbons (Fsp3) is 0.294. The van der Waals surface area contributed by atoms with Crippen molar-refractivity contribution in [1.82, 2.24) is 0 Å². The maximum absolute atomic E-state index is 5.93. The van der Waals surface area contributed by atoms with Crippen LogP contribution in [-0.2, 0) is 4.74 Å². The molecule has 0 aliphatic heterocycles. The zero-order valence-corrected chi connectivity index (χ0v) is 14.2. The average molecular weight is 398 g/mol. The van der Waals surface area contributed by atoms with Crippen LogP contribution in [0.4, 0.5) is 0 Å². The Morgan fingerprint density at radius 2 is 1.67 bits per heavy atom. The molecule has 0 spiro atoms. The van der Waals surface area contributed by atoms with Crippen molar-refractivity contribution in [3.05, 3.63) is 60.2 Å². The van der Waals surface area contributed by atoms with Crippen molar-refractivity contribution >= 4 is 22.6 Å². The lowest BCUT2D eigenvalue weighted by molar-refractivity contribution is 0.0470. The summed E-state index contributed by atoms with van der Waals surface area (Å²) < 4.78 is 17.8. The number of hydrogen-bond acceptors (Lipinski definition) is 3. The van der Waals surface area contributed by atoms with Crippen molar-refractivity contribution < 1.29 is 14.2 Å². The normalized spacial score (nSPS) is 11.9. The van der Waals surface area contributed by atoms with E-state index in [0.29, 0.717) is 13.2 Å². The first-order valence-corrected chi connectivity index (χ1v) is 8.36. The number of alkyl halides is 1. The number of para-hydroxylation sites is 2. The molecule has 0 aliphatic carbocycles. The van der Waals surface area contributed by atoms with E-state index in [2.05, 4.69) is 22.6 Å². The van der Waals surface area contributed by atoms with Crippen LogP contribution in [0.1, 0.15) is 11.7 Å². The van der Waals surface area contributed by atoms with Crippen molar-refractivity contribution in [3.63, 3.8) is 0 Å². The summed E-state index contributed by atoms with van der Waals surface area (Å²) in [7, 11) is 1.68. The molecule has 112 valence electrons. The van der Waals surface area contributed by atoms with Crippen LogP contribution in [0.5, 0.6) is 11.5 Å². The van der Waals surface area contributed by atoms with Gasteiger partial charge in [0.2, 0.25) is 0 Å². The summed E-state index contributed by atoms with van der Waals surface area (Å²) in [6, 6.07) is 17.7. The van der Waals surface area contributed by atoms with Crippen LogP contribution in [0.3, 0.4) is 0 Å². The van der Waals surface area contributed by atoms with Crippen molar-refractivity contribution in [2.24, 2.45) is 0 Å². The van der Waals surface area contributed by atoms with E-state index in [1.807, 2.05) is 54.6 Å². The third-order valence-electron chi connectivity index (χ3n) is 3.04. The number of benzene rings is 2. The fourth-order valence-electron chi connectivity index (χ4n) is 2.02. The Morgan fingerprint density at radius 3 is 2.38 bits per heavy atom. The summed E-state index contributed by atoms with van der Waals surface area (Å²) >= 11 is 2.33. The number of halogens is 1. The Balaban J connectivity index is 1.85. The Labute approximate surface area is 139 Å². The van der Waals surface area contributed by atoms with Gasteiger partial charge in [0.25, 0.3) is 0 Å². The molecule has 0 saturated carbocycles. The van der Waals surface area contributed by atoms with Gasteiger partial charge in [0.05, 0.1) is 19.8 Å². The van der Waals surface area contributed by atoms with E-state index < -0.39 is 0 Å². The summed E-state index contributed by atoms with van der Waals surface area (Å²) in [5.41, 5.74) is 1.08. The largest absolute Gasteiger partial charge is 0.496 e. The first kappa shape index (κ1) is 16.1. The van der Waals surface area contributed by atoms with Gasteiger partial charge in [-0.3, -0.25) is 0 Å². The molecule has 2 aromatic carbocycles. The summed E-state index contributed by atoms with van der Waals surface area (Å²) in [6.45, 7) is 1.08. The topological polar surface area (TPSA) is 27.7 Å². The number of rotatable bonds is 8. The highest BCUT2D eigenvalue weighted by Gasteiger charge is 2.15. The molecule has 2 aromatic rings. The van der Waals surface area contributed by atoms with Crippen molar-refractivity contribution in [3.8, 4) is 11.5 Å². The number of methoxy groups -OCH3 is 1. The molecule has 0 aromatic heterocycles. The summed E-state index contributed by atoms with van der Waals surface area (Å²) in [5.74, 6) is 1.73. The quantitative estimate of drug-likeness (QED) is 0.378. The summed E-state index contributed by atoms with van der Waals surface area (Å²) in [6.07, 6.45) is 0.0149. The van der Waals surface area contributed by atoms with Crippen LogP contribution in [0.15, 0.2) is 54.6 Å². The van der Waals surface area contributed by atoms with Gasteiger partial charge in [-0.05, 0) is 18.2 Å². The minimum Gasteiger partial charge on any atom is -0.496 e. The molecule has 1 unspecified atom stereocenters. The van der Waals surface area contributed by atoms with E-state index in [-0.39, 0.29) is 6.10 Å². The predicted octanol–water partition coefficient (Wildman–Crippen LogP) is 4.27. The molecule has 21 heavy (non-hydrogen) atoms. The van der Waals surface area contributed by atoms with Crippen LogP contribution >= 0.6 is 22.6 Å². The molecule has 2 rings (SSSR count). The van der Waals surface area contributed by atoms with Gasteiger partial charge in [0.1, 0.15) is 18.1 Å². The van der Waals surface area contributed by atoms with Gasteiger partial charge in [-0.25, -0.2) is 0 Å². The predicted molar refractivity (Wildman–Crippen MR) is 92.5 cm³/mol. The van der Waals surface area contributed by atoms with Gasteiger partial charge < -0.3 is 14.2 Å². The third kappa shape index (κ3) is 4.89. The smallest absolute Gasteiger partial charge is 0.124 e. The monoisotopic (exact) mass is 398 g/mol. The molecule has 0 amide bonds. The van der Waals surface area contributed by atoms with Crippen LogP contribution in [0.25, 0.3) is 0 Å². The lowest BCUT2D eigenvalue weighted by atomic mass is 10.1. The molecule has 3 nitrogen and oxygen atoms in total. The summed E-state index contributed by atoms with van der Waals surface area (Å²) in [4.78, 5) is 0. The Bertz CT molecular complexity index is 531. The van der Waals surface area contributed by atoms with Gasteiger partial charge in [-0.1, -0.05) is 59.0 Å². The number of hydrogen-bond donors (Lipinski definition) is 0. The highest BCUT2D eigenvalue weighted by Crippen LogP contribution is 2.28. The fourth-order valence-corrected chi connectivity index (χ4v) is 2.75. The van der Waals surface area contributed by atoms with Crippen LogP contribution in [-0.4, -0.2) is 24.8 Å². The van der Waals surface area contributed by atoms with E-state index in [4.69, 9.17) is 14.2 Å². The van der Waals surface area contributed by atoms with Gasteiger partial charge in [-0.15, -0.1) is 0 Å².